The number of rotatable bonds is 4. The lowest BCUT2D eigenvalue weighted by molar-refractivity contribution is -0.144. The first-order chi connectivity index (χ1) is 7.56. The smallest absolute Gasteiger partial charge is 0.310 e. The molecule has 1 heterocycles. The Kier molecular flexibility index (Phi) is 4.22. The van der Waals surface area contributed by atoms with Gasteiger partial charge in [0.25, 0.3) is 0 Å². The number of nitrogens with zero attached hydrogens (tertiary/aromatic N) is 2. The molecule has 0 saturated carbocycles. The first-order valence-corrected chi connectivity index (χ1v) is 4.95. The van der Waals surface area contributed by atoms with Gasteiger partial charge in [-0.15, -0.1) is 0 Å². The Morgan fingerprint density at radius 3 is 2.94 bits per heavy atom. The predicted octanol–water partition coefficient (Wildman–Crippen LogP) is 1.47. The van der Waals surface area contributed by atoms with E-state index < -0.39 is 5.82 Å². The van der Waals surface area contributed by atoms with Gasteiger partial charge in [-0.1, -0.05) is 6.92 Å². The Morgan fingerprint density at radius 2 is 2.38 bits per heavy atom. The van der Waals surface area contributed by atoms with Crippen LogP contribution in [0.25, 0.3) is 0 Å². The molecule has 0 aliphatic rings. The van der Waals surface area contributed by atoms with Crippen LogP contribution in [0, 0.1) is 11.7 Å². The number of carbonyl (C=O) groups is 1. The molecular weight excluding hydrogens is 211 g/mol. The van der Waals surface area contributed by atoms with Crippen LogP contribution < -0.4 is 4.90 Å². The van der Waals surface area contributed by atoms with Gasteiger partial charge in [-0.25, -0.2) is 9.37 Å². The third-order valence-electron chi connectivity index (χ3n) is 2.25. The summed E-state index contributed by atoms with van der Waals surface area (Å²) in [6, 6.07) is 2.86. The molecular formula is C11H15FN2O2. The Hall–Kier alpha value is -1.65. The molecule has 0 bridgehead atoms. The fraction of sp³-hybridized carbons (Fsp3) is 0.455. The van der Waals surface area contributed by atoms with E-state index in [0.29, 0.717) is 6.54 Å². The average molecular weight is 226 g/mol. The first kappa shape index (κ1) is 12.4. The highest BCUT2D eigenvalue weighted by molar-refractivity contribution is 5.72. The lowest BCUT2D eigenvalue weighted by Gasteiger charge is -2.21. The van der Waals surface area contributed by atoms with E-state index >= 15 is 0 Å². The number of ether oxygens (including phenoxy) is 1. The van der Waals surface area contributed by atoms with Gasteiger partial charge in [0, 0.05) is 19.8 Å². The molecule has 0 fully saturated rings. The second-order valence-electron chi connectivity index (χ2n) is 3.61. The monoisotopic (exact) mass is 226 g/mol. The van der Waals surface area contributed by atoms with Gasteiger partial charge in [0.15, 0.2) is 11.6 Å². The van der Waals surface area contributed by atoms with Gasteiger partial charge >= 0.3 is 5.97 Å². The van der Waals surface area contributed by atoms with Crippen LogP contribution in [0.2, 0.25) is 0 Å². The van der Waals surface area contributed by atoms with E-state index in [9.17, 15) is 9.18 Å². The van der Waals surface area contributed by atoms with Crippen molar-refractivity contribution < 1.29 is 13.9 Å². The quantitative estimate of drug-likeness (QED) is 0.729. The number of aromatic nitrogens is 1. The number of hydrogen-bond donors (Lipinski definition) is 0. The number of carbonyl (C=O) groups excluding carboxylic acids is 1. The van der Waals surface area contributed by atoms with E-state index in [1.165, 1.54) is 25.4 Å². The van der Waals surface area contributed by atoms with Crippen LogP contribution in [0.3, 0.4) is 0 Å². The predicted molar refractivity (Wildman–Crippen MR) is 58.6 cm³/mol. The maximum Gasteiger partial charge on any atom is 0.310 e. The summed E-state index contributed by atoms with van der Waals surface area (Å²) in [5, 5.41) is 0. The van der Waals surface area contributed by atoms with Crippen LogP contribution in [0.15, 0.2) is 18.3 Å². The topological polar surface area (TPSA) is 42.4 Å². The van der Waals surface area contributed by atoms with Crippen molar-refractivity contribution >= 4 is 11.8 Å². The Labute approximate surface area is 94.0 Å². The fourth-order valence-corrected chi connectivity index (χ4v) is 1.43. The zero-order chi connectivity index (χ0) is 12.1. The SMILES string of the molecule is COC(=O)C(C)CN(C)c1ncccc1F. The van der Waals surface area contributed by atoms with Gasteiger partial charge in [-0.3, -0.25) is 4.79 Å². The van der Waals surface area contributed by atoms with Crippen LogP contribution in [-0.2, 0) is 9.53 Å². The first-order valence-electron chi connectivity index (χ1n) is 4.95. The van der Waals surface area contributed by atoms with E-state index in [2.05, 4.69) is 9.72 Å². The highest BCUT2D eigenvalue weighted by Crippen LogP contribution is 2.15. The van der Waals surface area contributed by atoms with E-state index in [0.717, 1.165) is 0 Å². The highest BCUT2D eigenvalue weighted by Gasteiger charge is 2.17. The van der Waals surface area contributed by atoms with Crippen LogP contribution in [-0.4, -0.2) is 31.7 Å². The lowest BCUT2D eigenvalue weighted by Crippen LogP contribution is -2.30. The molecule has 0 saturated heterocycles. The summed E-state index contributed by atoms with van der Waals surface area (Å²) < 4.78 is 18.0. The Morgan fingerprint density at radius 1 is 1.69 bits per heavy atom. The zero-order valence-corrected chi connectivity index (χ0v) is 9.61. The van der Waals surface area contributed by atoms with Gasteiger partial charge in [-0.05, 0) is 12.1 Å². The molecule has 1 aromatic heterocycles. The van der Waals surface area contributed by atoms with Crippen LogP contribution in [0.5, 0.6) is 0 Å². The molecule has 0 N–H and O–H groups in total. The minimum absolute atomic E-state index is 0.234. The molecule has 0 aliphatic heterocycles. The normalized spacial score (nSPS) is 12.0. The number of esters is 1. The van der Waals surface area contributed by atoms with Crippen LogP contribution in [0.4, 0.5) is 10.2 Å². The summed E-state index contributed by atoms with van der Waals surface area (Å²) in [6.07, 6.45) is 1.51. The van der Waals surface area contributed by atoms with Gasteiger partial charge in [-0.2, -0.15) is 0 Å². The van der Waals surface area contributed by atoms with Gasteiger partial charge in [0.2, 0.25) is 0 Å². The minimum Gasteiger partial charge on any atom is -0.469 e. The molecule has 5 heteroatoms. The summed E-state index contributed by atoms with van der Waals surface area (Å²) in [6.45, 7) is 2.09. The molecule has 0 aliphatic carbocycles. The summed E-state index contributed by atoms with van der Waals surface area (Å²) in [7, 11) is 3.02. The Bertz CT molecular complexity index is 371. The number of methoxy groups -OCH3 is 1. The molecule has 1 rings (SSSR count). The molecule has 16 heavy (non-hydrogen) atoms. The largest absolute Gasteiger partial charge is 0.469 e. The van der Waals surface area contributed by atoms with Gasteiger partial charge < -0.3 is 9.64 Å². The molecule has 0 radical (unpaired) electrons. The van der Waals surface area contributed by atoms with Crippen molar-refractivity contribution in [1.82, 2.24) is 4.98 Å². The standard InChI is InChI=1S/C11H15FN2O2/c1-8(11(15)16-3)7-14(2)10-9(12)5-4-6-13-10/h4-6,8H,7H2,1-3H3. The second kappa shape index (κ2) is 5.44. The van der Waals surface area contributed by atoms with Crippen molar-refractivity contribution in [3.8, 4) is 0 Å². The summed E-state index contributed by atoms with van der Waals surface area (Å²) in [4.78, 5) is 16.7. The molecule has 88 valence electrons. The molecule has 1 unspecified atom stereocenters. The number of hydrogen-bond acceptors (Lipinski definition) is 4. The minimum atomic E-state index is -0.401. The van der Waals surface area contributed by atoms with E-state index in [1.807, 2.05) is 0 Å². The summed E-state index contributed by atoms with van der Waals surface area (Å²) in [5.74, 6) is -0.806. The molecule has 0 aromatic carbocycles. The van der Waals surface area contributed by atoms with E-state index in [-0.39, 0.29) is 17.7 Å². The Balaban J connectivity index is 2.69. The lowest BCUT2D eigenvalue weighted by atomic mass is 10.2. The number of anilines is 1. The zero-order valence-electron chi connectivity index (χ0n) is 9.61. The molecule has 0 amide bonds. The van der Waals surface area contributed by atoms with Crippen LogP contribution >= 0.6 is 0 Å². The maximum absolute atomic E-state index is 13.4. The second-order valence-corrected chi connectivity index (χ2v) is 3.61. The number of pyridine rings is 1. The third-order valence-corrected chi connectivity index (χ3v) is 2.25. The number of halogens is 1. The van der Waals surface area contributed by atoms with Crippen LogP contribution in [0.1, 0.15) is 6.92 Å². The van der Waals surface area contributed by atoms with Crippen molar-refractivity contribution in [1.29, 1.82) is 0 Å². The maximum atomic E-state index is 13.4. The third kappa shape index (κ3) is 2.92. The fourth-order valence-electron chi connectivity index (χ4n) is 1.43. The molecule has 1 aromatic rings. The molecule has 1 atom stereocenters. The van der Waals surface area contributed by atoms with Crippen molar-refractivity contribution in [2.24, 2.45) is 5.92 Å². The van der Waals surface area contributed by atoms with Crippen molar-refractivity contribution in [2.75, 3.05) is 25.6 Å². The summed E-state index contributed by atoms with van der Waals surface area (Å²) in [5.41, 5.74) is 0. The summed E-state index contributed by atoms with van der Waals surface area (Å²) >= 11 is 0. The van der Waals surface area contributed by atoms with E-state index in [1.54, 1.807) is 18.9 Å². The average Bonchev–Trinajstić information content (AvgIpc) is 2.28. The highest BCUT2D eigenvalue weighted by atomic mass is 19.1. The molecule has 0 spiro atoms. The molecule has 4 nitrogen and oxygen atoms in total. The van der Waals surface area contributed by atoms with Crippen molar-refractivity contribution in [3.63, 3.8) is 0 Å². The van der Waals surface area contributed by atoms with E-state index in [4.69, 9.17) is 0 Å². The van der Waals surface area contributed by atoms with Crippen molar-refractivity contribution in [2.45, 2.75) is 6.92 Å². The van der Waals surface area contributed by atoms with Crippen molar-refractivity contribution in [3.05, 3.63) is 24.1 Å². The van der Waals surface area contributed by atoms with Gasteiger partial charge in [0.05, 0.1) is 13.0 Å². The van der Waals surface area contributed by atoms with Gasteiger partial charge in [0.1, 0.15) is 0 Å².